The fourth-order valence-electron chi connectivity index (χ4n) is 1.96. The van der Waals surface area contributed by atoms with E-state index in [4.69, 9.17) is 6.42 Å². The smallest absolute Gasteiger partial charge is 0.337 e. The minimum Gasteiger partial charge on any atom is -0.478 e. The van der Waals surface area contributed by atoms with Crippen molar-refractivity contribution in [3.63, 3.8) is 0 Å². The van der Waals surface area contributed by atoms with E-state index in [0.717, 1.165) is 12.8 Å². The highest BCUT2D eigenvalue weighted by atomic mass is 79.9. The molecular weight excluding hydrogens is 336 g/mol. The third kappa shape index (κ3) is 3.99. The summed E-state index contributed by atoms with van der Waals surface area (Å²) in [5.41, 5.74) is 0.276. The van der Waals surface area contributed by atoms with Crippen molar-refractivity contribution in [2.45, 2.75) is 12.8 Å². The van der Waals surface area contributed by atoms with Crippen LogP contribution in [0.5, 0.6) is 0 Å². The molecule has 0 aliphatic heterocycles. The number of carbonyl (C=O) groups excluding carboxylic acids is 1. The van der Waals surface area contributed by atoms with Gasteiger partial charge in [0, 0.05) is 11.0 Å². The van der Waals surface area contributed by atoms with Crippen LogP contribution in [0.2, 0.25) is 0 Å². The van der Waals surface area contributed by atoms with E-state index in [9.17, 15) is 14.7 Å². The molecule has 1 aliphatic rings. The second-order valence-corrected chi connectivity index (χ2v) is 5.78. The lowest BCUT2D eigenvalue weighted by atomic mass is 10.2. The Kier molecular flexibility index (Phi) is 4.86. The van der Waals surface area contributed by atoms with Gasteiger partial charge in [0.15, 0.2) is 0 Å². The number of hydrogen-bond acceptors (Lipinski definition) is 2. The van der Waals surface area contributed by atoms with Crippen LogP contribution in [0.25, 0.3) is 0 Å². The third-order valence-electron chi connectivity index (χ3n) is 3.22. The Labute approximate surface area is 131 Å². The Morgan fingerprint density at radius 1 is 1.48 bits per heavy atom. The molecule has 6 heteroatoms. The molecule has 2 rings (SSSR count). The van der Waals surface area contributed by atoms with Gasteiger partial charge in [-0.1, -0.05) is 12.0 Å². The van der Waals surface area contributed by atoms with E-state index in [2.05, 4.69) is 27.2 Å². The van der Waals surface area contributed by atoms with Crippen molar-refractivity contribution in [1.82, 2.24) is 4.90 Å². The number of hydrogen-bond donors (Lipinski definition) is 2. The zero-order chi connectivity index (χ0) is 15.4. The molecule has 0 radical (unpaired) electrons. The van der Waals surface area contributed by atoms with Crippen LogP contribution in [0.15, 0.2) is 22.7 Å². The van der Waals surface area contributed by atoms with Gasteiger partial charge in [-0.3, -0.25) is 0 Å². The zero-order valence-corrected chi connectivity index (χ0v) is 12.9. The van der Waals surface area contributed by atoms with Crippen LogP contribution in [0.4, 0.5) is 10.5 Å². The molecule has 2 N–H and O–H groups in total. The minimum absolute atomic E-state index is 0.0322. The maximum Gasteiger partial charge on any atom is 0.337 e. The van der Waals surface area contributed by atoms with Gasteiger partial charge in [-0.25, -0.2) is 9.59 Å². The van der Waals surface area contributed by atoms with Gasteiger partial charge >= 0.3 is 12.0 Å². The molecule has 1 aromatic carbocycles. The summed E-state index contributed by atoms with van der Waals surface area (Å²) in [6, 6.07) is 4.34. The Morgan fingerprint density at radius 3 is 2.76 bits per heavy atom. The lowest BCUT2D eigenvalue weighted by Gasteiger charge is -2.21. The molecule has 0 spiro atoms. The highest BCUT2D eigenvalue weighted by molar-refractivity contribution is 9.10. The fraction of sp³-hybridized carbons (Fsp3) is 0.333. The van der Waals surface area contributed by atoms with Crippen LogP contribution in [0, 0.1) is 18.3 Å². The fourth-order valence-corrected chi connectivity index (χ4v) is 2.42. The molecule has 110 valence electrons. The van der Waals surface area contributed by atoms with Gasteiger partial charge < -0.3 is 15.3 Å². The summed E-state index contributed by atoms with van der Waals surface area (Å²) < 4.78 is 0.517. The number of nitrogens with zero attached hydrogens (tertiary/aromatic N) is 1. The molecule has 0 atom stereocenters. The van der Waals surface area contributed by atoms with Crippen molar-refractivity contribution in [2.24, 2.45) is 5.92 Å². The first-order chi connectivity index (χ1) is 10.0. The minimum atomic E-state index is -1.10. The molecule has 21 heavy (non-hydrogen) atoms. The first kappa shape index (κ1) is 15.4. The maximum atomic E-state index is 12.3. The summed E-state index contributed by atoms with van der Waals surface area (Å²) in [5, 5.41) is 11.8. The number of anilines is 1. The number of amides is 2. The number of carbonyl (C=O) groups is 2. The Bertz CT molecular complexity index is 605. The monoisotopic (exact) mass is 350 g/mol. The zero-order valence-electron chi connectivity index (χ0n) is 11.3. The highest BCUT2D eigenvalue weighted by Crippen LogP contribution is 2.30. The van der Waals surface area contributed by atoms with Gasteiger partial charge in [-0.15, -0.1) is 6.42 Å². The number of para-hydroxylation sites is 1. The highest BCUT2D eigenvalue weighted by Gasteiger charge is 2.27. The standard InChI is InChI=1S/C15H15BrN2O3/c1-2-8-18(9-10-6-7-10)15(21)17-13-11(14(19)20)4-3-5-12(13)16/h1,3-5,10H,6-9H2,(H,17,21)(H,19,20). The first-order valence-corrected chi connectivity index (χ1v) is 7.33. The molecule has 2 amide bonds. The van der Waals surface area contributed by atoms with Crippen molar-refractivity contribution < 1.29 is 14.7 Å². The molecule has 1 aromatic rings. The van der Waals surface area contributed by atoms with Crippen molar-refractivity contribution >= 4 is 33.6 Å². The second kappa shape index (κ2) is 6.64. The van der Waals surface area contributed by atoms with Gasteiger partial charge in [-0.05, 0) is 46.8 Å². The van der Waals surface area contributed by atoms with Crippen molar-refractivity contribution in [3.8, 4) is 12.3 Å². The lowest BCUT2D eigenvalue weighted by molar-refractivity contribution is 0.0698. The number of carboxylic acid groups (broad SMARTS) is 1. The van der Waals surface area contributed by atoms with Crippen LogP contribution < -0.4 is 5.32 Å². The SMILES string of the molecule is C#CCN(CC1CC1)C(=O)Nc1c(Br)cccc1C(=O)O. The summed E-state index contributed by atoms with van der Waals surface area (Å²) in [4.78, 5) is 25.0. The number of carboxylic acids is 1. The molecule has 0 bridgehead atoms. The molecule has 5 nitrogen and oxygen atoms in total. The molecule has 0 heterocycles. The van der Waals surface area contributed by atoms with Crippen LogP contribution in [-0.4, -0.2) is 35.1 Å². The van der Waals surface area contributed by atoms with Crippen LogP contribution in [-0.2, 0) is 0 Å². The maximum absolute atomic E-state index is 12.3. The van der Waals surface area contributed by atoms with Crippen molar-refractivity contribution in [2.75, 3.05) is 18.4 Å². The topological polar surface area (TPSA) is 69.6 Å². The van der Waals surface area contributed by atoms with Crippen LogP contribution in [0.3, 0.4) is 0 Å². The van der Waals surface area contributed by atoms with E-state index < -0.39 is 5.97 Å². The molecule has 1 fully saturated rings. The number of aromatic carboxylic acids is 1. The number of urea groups is 1. The molecule has 0 unspecified atom stereocenters. The van der Waals surface area contributed by atoms with E-state index >= 15 is 0 Å². The number of benzene rings is 1. The van der Waals surface area contributed by atoms with Gasteiger partial charge in [0.1, 0.15) is 0 Å². The Morgan fingerprint density at radius 2 is 2.19 bits per heavy atom. The number of nitrogens with one attached hydrogen (secondary N) is 1. The largest absolute Gasteiger partial charge is 0.478 e. The quantitative estimate of drug-likeness (QED) is 0.802. The van der Waals surface area contributed by atoms with Crippen molar-refractivity contribution in [3.05, 3.63) is 28.2 Å². The van der Waals surface area contributed by atoms with Gasteiger partial charge in [-0.2, -0.15) is 0 Å². The predicted molar refractivity (Wildman–Crippen MR) is 83.3 cm³/mol. The normalized spacial score (nSPS) is 13.3. The number of halogens is 1. The second-order valence-electron chi connectivity index (χ2n) is 4.93. The summed E-state index contributed by atoms with van der Waals surface area (Å²) in [6.45, 7) is 0.804. The van der Waals surface area contributed by atoms with Crippen molar-refractivity contribution in [1.29, 1.82) is 0 Å². The average Bonchev–Trinajstić information content (AvgIpc) is 3.24. The molecule has 0 aromatic heterocycles. The van der Waals surface area contributed by atoms with Crippen LogP contribution in [0.1, 0.15) is 23.2 Å². The molecular formula is C15H15BrN2O3. The van der Waals surface area contributed by atoms with Crippen LogP contribution >= 0.6 is 15.9 Å². The van der Waals surface area contributed by atoms with Gasteiger partial charge in [0.25, 0.3) is 0 Å². The third-order valence-corrected chi connectivity index (χ3v) is 3.88. The summed E-state index contributed by atoms with van der Waals surface area (Å²) in [5.74, 6) is 1.86. The summed E-state index contributed by atoms with van der Waals surface area (Å²) in [7, 11) is 0. The molecule has 0 saturated heterocycles. The molecule has 1 saturated carbocycles. The van der Waals surface area contributed by atoms with E-state index in [0.29, 0.717) is 16.9 Å². The predicted octanol–water partition coefficient (Wildman–Crippen LogP) is 3.02. The molecule has 1 aliphatic carbocycles. The van der Waals surface area contributed by atoms with Gasteiger partial charge in [0.05, 0.1) is 17.8 Å². The lowest BCUT2D eigenvalue weighted by Crippen LogP contribution is -2.37. The first-order valence-electron chi connectivity index (χ1n) is 6.54. The van der Waals surface area contributed by atoms with E-state index in [1.54, 1.807) is 12.1 Å². The average molecular weight is 351 g/mol. The van der Waals surface area contributed by atoms with Gasteiger partial charge in [0.2, 0.25) is 0 Å². The number of terminal acetylenes is 1. The van der Waals surface area contributed by atoms with E-state index in [1.807, 2.05) is 0 Å². The van der Waals surface area contributed by atoms with E-state index in [-0.39, 0.29) is 23.8 Å². The Hall–Kier alpha value is -2.00. The number of rotatable bonds is 5. The Balaban J connectivity index is 2.17. The summed E-state index contributed by atoms with van der Waals surface area (Å²) >= 11 is 3.26. The van der Waals surface area contributed by atoms with E-state index in [1.165, 1.54) is 11.0 Å². The summed E-state index contributed by atoms with van der Waals surface area (Å²) in [6.07, 6.45) is 7.49.